The number of nitrogens with zero attached hydrogens (tertiary/aromatic N) is 5. The Hall–Kier alpha value is -3.66. The first kappa shape index (κ1) is 25.0. The van der Waals surface area contributed by atoms with E-state index in [0.717, 1.165) is 12.0 Å². The van der Waals surface area contributed by atoms with Crippen molar-refractivity contribution in [2.45, 2.75) is 25.6 Å². The van der Waals surface area contributed by atoms with Gasteiger partial charge in [0.2, 0.25) is 5.91 Å². The second-order valence-electron chi connectivity index (χ2n) is 7.74. The average Bonchev–Trinajstić information content (AvgIpc) is 2.81. The predicted molar refractivity (Wildman–Crippen MR) is 116 cm³/mol. The first-order valence-electron chi connectivity index (χ1n) is 10.6. The zero-order chi connectivity index (χ0) is 24.7. The number of hydrogen-bond acceptors (Lipinski definition) is 8. The molecule has 2 N–H and O–H groups in total. The first-order chi connectivity index (χ1) is 16.2. The van der Waals surface area contributed by atoms with E-state index in [-0.39, 0.29) is 25.5 Å². The van der Waals surface area contributed by atoms with Gasteiger partial charge in [-0.15, -0.1) is 0 Å². The molecule has 2 aromatic rings. The molecular weight excluding hydrogens is 455 g/mol. The summed E-state index contributed by atoms with van der Waals surface area (Å²) in [6.07, 6.45) is -2.28. The van der Waals surface area contributed by atoms with Crippen molar-refractivity contribution in [3.05, 3.63) is 46.0 Å². The van der Waals surface area contributed by atoms with E-state index in [2.05, 4.69) is 15.4 Å². The molecule has 1 amide bonds. The number of carbonyl (C=O) groups excluding carboxylic acids is 1. The number of piperazine rings is 1. The van der Waals surface area contributed by atoms with E-state index < -0.39 is 29.0 Å². The second kappa shape index (κ2) is 11.0. The van der Waals surface area contributed by atoms with Crippen molar-refractivity contribution >= 4 is 17.4 Å². The SMILES string of the molecule is C[C@@H](COCCC(=O)N1CCN(c2ccc(C#N)cn2)CC1)Nc1cn[nH]c(=O)c1C(F)(F)F. The second-order valence-corrected chi connectivity index (χ2v) is 7.74. The van der Waals surface area contributed by atoms with E-state index in [9.17, 15) is 22.8 Å². The van der Waals surface area contributed by atoms with Gasteiger partial charge in [-0.1, -0.05) is 0 Å². The van der Waals surface area contributed by atoms with E-state index in [1.54, 1.807) is 29.1 Å². The van der Waals surface area contributed by atoms with Gasteiger partial charge in [0.1, 0.15) is 17.5 Å². The number of alkyl halides is 3. The molecule has 2 aromatic heterocycles. The summed E-state index contributed by atoms with van der Waals surface area (Å²) >= 11 is 0. The number of aromatic nitrogens is 3. The van der Waals surface area contributed by atoms with E-state index in [1.165, 1.54) is 6.20 Å². The number of ether oxygens (including phenoxy) is 1. The Bertz CT molecular complexity index is 1070. The van der Waals surface area contributed by atoms with Crippen molar-refractivity contribution < 1.29 is 22.7 Å². The fourth-order valence-electron chi connectivity index (χ4n) is 3.50. The van der Waals surface area contributed by atoms with Crippen LogP contribution in [-0.2, 0) is 15.7 Å². The van der Waals surface area contributed by atoms with E-state index in [0.29, 0.717) is 31.7 Å². The van der Waals surface area contributed by atoms with E-state index >= 15 is 0 Å². The van der Waals surface area contributed by atoms with Gasteiger partial charge in [0, 0.05) is 38.4 Å². The van der Waals surface area contributed by atoms with Crippen LogP contribution in [-0.4, -0.2) is 71.4 Å². The molecule has 1 aliphatic heterocycles. The Balaban J connectivity index is 1.39. The van der Waals surface area contributed by atoms with Crippen LogP contribution in [0.3, 0.4) is 0 Å². The van der Waals surface area contributed by atoms with Crippen LogP contribution in [0.2, 0.25) is 0 Å². The lowest BCUT2D eigenvalue weighted by atomic mass is 10.2. The summed E-state index contributed by atoms with van der Waals surface area (Å²) in [5.41, 5.74) is -2.62. The number of aromatic amines is 1. The highest BCUT2D eigenvalue weighted by Crippen LogP contribution is 2.31. The highest BCUT2D eigenvalue weighted by molar-refractivity contribution is 5.76. The van der Waals surface area contributed by atoms with Gasteiger partial charge in [0.25, 0.3) is 5.56 Å². The number of nitrogens with one attached hydrogen (secondary N) is 2. The van der Waals surface area contributed by atoms with E-state index in [1.807, 2.05) is 11.0 Å². The van der Waals surface area contributed by atoms with Crippen molar-refractivity contribution in [2.75, 3.05) is 49.6 Å². The van der Waals surface area contributed by atoms with Crippen LogP contribution in [0.4, 0.5) is 24.7 Å². The average molecular weight is 479 g/mol. The molecule has 1 fully saturated rings. The number of hydrogen-bond donors (Lipinski definition) is 2. The molecule has 13 heteroatoms. The van der Waals surface area contributed by atoms with Gasteiger partial charge in [0.05, 0.1) is 37.1 Å². The van der Waals surface area contributed by atoms with Gasteiger partial charge in [-0.25, -0.2) is 10.1 Å². The monoisotopic (exact) mass is 479 g/mol. The van der Waals surface area contributed by atoms with Crippen molar-refractivity contribution in [1.29, 1.82) is 5.26 Å². The summed E-state index contributed by atoms with van der Waals surface area (Å²) in [6.45, 7) is 4.01. The molecule has 0 unspecified atom stereocenters. The Morgan fingerprint density at radius 1 is 1.29 bits per heavy atom. The Kier molecular flexibility index (Phi) is 8.06. The van der Waals surface area contributed by atoms with Gasteiger partial charge in [-0.05, 0) is 19.1 Å². The van der Waals surface area contributed by atoms with Gasteiger partial charge in [0.15, 0.2) is 0 Å². The molecule has 1 atom stereocenters. The minimum Gasteiger partial charge on any atom is -0.379 e. The number of carbonyl (C=O) groups is 1. The van der Waals surface area contributed by atoms with Gasteiger partial charge in [-0.2, -0.15) is 23.5 Å². The molecule has 0 bridgehead atoms. The standard InChI is InChI=1S/C21H24F3N7O3/c1-14(28-16-12-27-29-20(33)19(16)21(22,23)24)13-34-9-4-18(32)31-7-5-30(6-8-31)17-3-2-15(10-25)11-26-17/h2-3,11-12,14H,4-9,13H2,1H3,(H2,28,29,33)/t14-/m0/s1. The maximum atomic E-state index is 13.1. The maximum Gasteiger partial charge on any atom is 0.423 e. The van der Waals surface area contributed by atoms with Gasteiger partial charge < -0.3 is 19.9 Å². The molecule has 34 heavy (non-hydrogen) atoms. The summed E-state index contributed by atoms with van der Waals surface area (Å²) in [5, 5.41) is 16.6. The topological polar surface area (TPSA) is 127 Å². The zero-order valence-corrected chi connectivity index (χ0v) is 18.4. The van der Waals surface area contributed by atoms with Crippen LogP contribution in [0.25, 0.3) is 0 Å². The lowest BCUT2D eigenvalue weighted by Gasteiger charge is -2.35. The lowest BCUT2D eigenvalue weighted by Crippen LogP contribution is -2.49. The van der Waals surface area contributed by atoms with Crippen LogP contribution >= 0.6 is 0 Å². The van der Waals surface area contributed by atoms with Crippen LogP contribution in [0, 0.1) is 11.3 Å². The van der Waals surface area contributed by atoms with E-state index in [4.69, 9.17) is 10.00 Å². The number of H-pyrrole nitrogens is 1. The van der Waals surface area contributed by atoms with Crippen LogP contribution < -0.4 is 15.8 Å². The number of anilines is 2. The third-order valence-corrected chi connectivity index (χ3v) is 5.20. The summed E-state index contributed by atoms with van der Waals surface area (Å²) in [7, 11) is 0. The van der Waals surface area contributed by atoms with Crippen LogP contribution in [0.5, 0.6) is 0 Å². The molecular formula is C21H24F3N7O3. The predicted octanol–water partition coefficient (Wildman–Crippen LogP) is 1.61. The third kappa shape index (κ3) is 6.44. The highest BCUT2D eigenvalue weighted by atomic mass is 19.4. The molecule has 0 aliphatic carbocycles. The summed E-state index contributed by atoms with van der Waals surface area (Å²) in [6, 6.07) is 4.94. The number of halogens is 3. The fraction of sp³-hybridized carbons (Fsp3) is 0.476. The zero-order valence-electron chi connectivity index (χ0n) is 18.4. The number of rotatable bonds is 8. The largest absolute Gasteiger partial charge is 0.423 e. The van der Waals surface area contributed by atoms with Gasteiger partial charge >= 0.3 is 6.18 Å². The Morgan fingerprint density at radius 2 is 2.03 bits per heavy atom. The quantitative estimate of drug-likeness (QED) is 0.547. The van der Waals surface area contributed by atoms with Crippen molar-refractivity contribution in [3.8, 4) is 6.07 Å². The minimum absolute atomic E-state index is 0.0372. The number of nitriles is 1. The normalized spacial score (nSPS) is 15.0. The molecule has 1 saturated heterocycles. The van der Waals surface area contributed by atoms with Crippen molar-refractivity contribution in [1.82, 2.24) is 20.1 Å². The molecule has 182 valence electrons. The van der Waals surface area contributed by atoms with Crippen LogP contribution in [0.1, 0.15) is 24.5 Å². The lowest BCUT2D eigenvalue weighted by molar-refractivity contribution is -0.138. The molecule has 0 spiro atoms. The molecule has 1 aliphatic rings. The minimum atomic E-state index is -4.83. The molecule has 0 radical (unpaired) electrons. The molecule has 3 heterocycles. The summed E-state index contributed by atoms with van der Waals surface area (Å²) < 4.78 is 44.8. The Labute approximate surface area is 193 Å². The number of pyridine rings is 1. The highest BCUT2D eigenvalue weighted by Gasteiger charge is 2.37. The first-order valence-corrected chi connectivity index (χ1v) is 10.6. The molecule has 0 saturated carbocycles. The smallest absolute Gasteiger partial charge is 0.379 e. The van der Waals surface area contributed by atoms with Crippen LogP contribution in [0.15, 0.2) is 29.3 Å². The Morgan fingerprint density at radius 3 is 2.65 bits per heavy atom. The fourth-order valence-corrected chi connectivity index (χ4v) is 3.50. The third-order valence-electron chi connectivity index (χ3n) is 5.20. The number of amides is 1. The molecule has 0 aromatic carbocycles. The summed E-state index contributed by atoms with van der Waals surface area (Å²) in [4.78, 5) is 32.0. The molecule has 3 rings (SSSR count). The summed E-state index contributed by atoms with van der Waals surface area (Å²) in [5.74, 6) is 0.673. The van der Waals surface area contributed by atoms with Gasteiger partial charge in [-0.3, -0.25) is 9.59 Å². The van der Waals surface area contributed by atoms with Crippen molar-refractivity contribution in [3.63, 3.8) is 0 Å². The van der Waals surface area contributed by atoms with Crippen molar-refractivity contribution in [2.24, 2.45) is 0 Å². The maximum absolute atomic E-state index is 13.1. The molecule has 10 nitrogen and oxygen atoms in total.